The van der Waals surface area contributed by atoms with Crippen molar-refractivity contribution in [3.05, 3.63) is 48.2 Å². The molecule has 0 aliphatic carbocycles. The van der Waals surface area contributed by atoms with Crippen LogP contribution in [0.5, 0.6) is 5.75 Å². The van der Waals surface area contributed by atoms with E-state index in [0.29, 0.717) is 6.04 Å². The van der Waals surface area contributed by atoms with E-state index in [9.17, 15) is 0 Å². The highest BCUT2D eigenvalue weighted by atomic mass is 16.5. The molecule has 2 aliphatic rings. The van der Waals surface area contributed by atoms with Crippen LogP contribution in [0.15, 0.2) is 42.6 Å². The van der Waals surface area contributed by atoms with Crippen LogP contribution in [-0.4, -0.2) is 80.8 Å². The Morgan fingerprint density at radius 3 is 2.45 bits per heavy atom. The molecular formula is C23H33N5O. The normalized spacial score (nSPS) is 21.4. The van der Waals surface area contributed by atoms with Crippen molar-refractivity contribution in [1.82, 2.24) is 14.8 Å². The lowest BCUT2D eigenvalue weighted by Gasteiger charge is -2.41. The van der Waals surface area contributed by atoms with Gasteiger partial charge in [0.1, 0.15) is 11.6 Å². The van der Waals surface area contributed by atoms with E-state index in [1.54, 1.807) is 7.11 Å². The molecule has 29 heavy (non-hydrogen) atoms. The Morgan fingerprint density at radius 1 is 1.00 bits per heavy atom. The molecule has 2 saturated heterocycles. The first kappa shape index (κ1) is 20.0. The van der Waals surface area contributed by atoms with Crippen LogP contribution in [0.2, 0.25) is 0 Å². The van der Waals surface area contributed by atoms with Gasteiger partial charge in [-0.1, -0.05) is 0 Å². The van der Waals surface area contributed by atoms with Crippen LogP contribution < -0.4 is 14.5 Å². The van der Waals surface area contributed by atoms with Gasteiger partial charge in [-0.05, 0) is 55.9 Å². The summed E-state index contributed by atoms with van der Waals surface area (Å²) in [6.07, 6.45) is 1.97. The average molecular weight is 396 g/mol. The number of likely N-dealkylation sites (N-methyl/N-ethyl adjacent to an activating group) is 1. The summed E-state index contributed by atoms with van der Waals surface area (Å²) < 4.78 is 5.29. The first-order chi connectivity index (χ1) is 14.1. The molecule has 0 N–H and O–H groups in total. The molecule has 1 unspecified atom stereocenters. The third-order valence-electron chi connectivity index (χ3n) is 6.16. The molecular weight excluding hydrogens is 362 g/mol. The van der Waals surface area contributed by atoms with Crippen molar-refractivity contribution in [2.45, 2.75) is 19.5 Å². The summed E-state index contributed by atoms with van der Waals surface area (Å²) in [6, 6.07) is 13.4. The maximum Gasteiger partial charge on any atom is 0.128 e. The summed E-state index contributed by atoms with van der Waals surface area (Å²) in [5.41, 5.74) is 2.64. The fourth-order valence-corrected chi connectivity index (χ4v) is 4.36. The molecule has 2 aliphatic heterocycles. The number of methoxy groups -OCH3 is 1. The van der Waals surface area contributed by atoms with Crippen LogP contribution in [0.1, 0.15) is 12.5 Å². The van der Waals surface area contributed by atoms with Crippen molar-refractivity contribution < 1.29 is 4.74 Å². The summed E-state index contributed by atoms with van der Waals surface area (Å²) in [5, 5.41) is 0. The number of hydrogen-bond donors (Lipinski definition) is 0. The summed E-state index contributed by atoms with van der Waals surface area (Å²) in [5.74, 6) is 2.04. The number of aromatic nitrogens is 1. The molecule has 0 spiro atoms. The zero-order valence-electron chi connectivity index (χ0n) is 17.9. The maximum absolute atomic E-state index is 5.29. The van der Waals surface area contributed by atoms with Crippen LogP contribution in [0.4, 0.5) is 11.5 Å². The number of piperazine rings is 2. The number of ether oxygens (including phenoxy) is 1. The number of hydrogen-bond acceptors (Lipinski definition) is 6. The van der Waals surface area contributed by atoms with Gasteiger partial charge in [0.25, 0.3) is 0 Å². The van der Waals surface area contributed by atoms with Gasteiger partial charge in [0.05, 0.1) is 7.11 Å². The lowest BCUT2D eigenvalue weighted by molar-refractivity contribution is 0.221. The molecule has 0 radical (unpaired) electrons. The summed E-state index contributed by atoms with van der Waals surface area (Å²) in [6.45, 7) is 10.8. The zero-order chi connectivity index (χ0) is 20.2. The SMILES string of the molecule is COc1ccc(N2CCN(Cc3ccnc(N4CCN(C)CC4)c3)CC2C)cc1. The summed E-state index contributed by atoms with van der Waals surface area (Å²) in [7, 11) is 3.90. The fraction of sp³-hybridized carbons (Fsp3) is 0.522. The van der Waals surface area contributed by atoms with Crippen LogP contribution in [0.25, 0.3) is 0 Å². The Bertz CT molecular complexity index is 788. The number of rotatable bonds is 5. The Kier molecular flexibility index (Phi) is 6.21. The molecule has 0 bridgehead atoms. The molecule has 4 rings (SSSR count). The van der Waals surface area contributed by atoms with E-state index < -0.39 is 0 Å². The van der Waals surface area contributed by atoms with Crippen molar-refractivity contribution in [3.63, 3.8) is 0 Å². The van der Waals surface area contributed by atoms with E-state index in [1.165, 1.54) is 11.3 Å². The molecule has 1 atom stereocenters. The Morgan fingerprint density at radius 2 is 1.76 bits per heavy atom. The lowest BCUT2D eigenvalue weighted by atomic mass is 10.1. The van der Waals surface area contributed by atoms with Gasteiger partial charge in [-0.3, -0.25) is 4.90 Å². The Hall–Kier alpha value is -2.31. The van der Waals surface area contributed by atoms with Gasteiger partial charge in [-0.15, -0.1) is 0 Å². The first-order valence-electron chi connectivity index (χ1n) is 10.6. The summed E-state index contributed by atoms with van der Waals surface area (Å²) in [4.78, 5) is 14.5. The minimum atomic E-state index is 0.482. The van der Waals surface area contributed by atoms with Gasteiger partial charge < -0.3 is 19.4 Å². The van der Waals surface area contributed by atoms with Gasteiger partial charge >= 0.3 is 0 Å². The standard InChI is InChI=1S/C23H33N5O/c1-19-17-26(12-15-28(19)21-4-6-22(29-3)7-5-21)18-20-8-9-24-23(16-20)27-13-10-25(2)11-14-27/h4-9,16,19H,10-15,17-18H2,1-3H3. The molecule has 6 nitrogen and oxygen atoms in total. The van der Waals surface area contributed by atoms with E-state index in [4.69, 9.17) is 4.74 Å². The van der Waals surface area contributed by atoms with E-state index in [1.807, 2.05) is 18.3 Å². The van der Waals surface area contributed by atoms with Crippen molar-refractivity contribution >= 4 is 11.5 Å². The first-order valence-corrected chi connectivity index (χ1v) is 10.6. The third kappa shape index (κ3) is 4.82. The number of pyridine rings is 1. The average Bonchev–Trinajstić information content (AvgIpc) is 2.75. The van der Waals surface area contributed by atoms with Gasteiger partial charge in [-0.2, -0.15) is 0 Å². The Balaban J connectivity index is 1.35. The van der Waals surface area contributed by atoms with Gasteiger partial charge in [0.15, 0.2) is 0 Å². The smallest absolute Gasteiger partial charge is 0.128 e. The van der Waals surface area contributed by atoms with E-state index in [0.717, 1.165) is 63.9 Å². The van der Waals surface area contributed by atoms with Crippen LogP contribution in [-0.2, 0) is 6.54 Å². The molecule has 156 valence electrons. The van der Waals surface area contributed by atoms with Crippen LogP contribution in [0, 0.1) is 0 Å². The second-order valence-electron chi connectivity index (χ2n) is 8.29. The quantitative estimate of drug-likeness (QED) is 0.774. The van der Waals surface area contributed by atoms with E-state index >= 15 is 0 Å². The van der Waals surface area contributed by atoms with Crippen molar-refractivity contribution in [2.75, 3.05) is 69.8 Å². The van der Waals surface area contributed by atoms with Gasteiger partial charge in [0.2, 0.25) is 0 Å². The molecule has 0 saturated carbocycles. The van der Waals surface area contributed by atoms with Gasteiger partial charge in [0, 0.05) is 70.3 Å². The monoisotopic (exact) mass is 395 g/mol. The second-order valence-corrected chi connectivity index (χ2v) is 8.29. The predicted molar refractivity (Wildman–Crippen MR) is 119 cm³/mol. The predicted octanol–water partition coefficient (Wildman–Crippen LogP) is 2.55. The van der Waals surface area contributed by atoms with Crippen molar-refractivity contribution in [3.8, 4) is 5.75 Å². The van der Waals surface area contributed by atoms with Crippen LogP contribution >= 0.6 is 0 Å². The van der Waals surface area contributed by atoms with Crippen molar-refractivity contribution in [2.24, 2.45) is 0 Å². The third-order valence-corrected chi connectivity index (χ3v) is 6.16. The zero-order valence-corrected chi connectivity index (χ0v) is 17.9. The topological polar surface area (TPSA) is 35.1 Å². The second kappa shape index (κ2) is 9.01. The maximum atomic E-state index is 5.29. The number of nitrogens with zero attached hydrogens (tertiary/aromatic N) is 5. The minimum Gasteiger partial charge on any atom is -0.497 e. The molecule has 2 fully saturated rings. The fourth-order valence-electron chi connectivity index (χ4n) is 4.36. The minimum absolute atomic E-state index is 0.482. The van der Waals surface area contributed by atoms with Gasteiger partial charge in [-0.25, -0.2) is 4.98 Å². The Labute approximate surface area is 174 Å². The lowest BCUT2D eigenvalue weighted by Crippen LogP contribution is -2.51. The van der Waals surface area contributed by atoms with E-state index in [-0.39, 0.29) is 0 Å². The highest BCUT2D eigenvalue weighted by Crippen LogP contribution is 2.24. The number of anilines is 2. The number of benzene rings is 1. The molecule has 3 heterocycles. The molecule has 0 amide bonds. The summed E-state index contributed by atoms with van der Waals surface area (Å²) >= 11 is 0. The largest absolute Gasteiger partial charge is 0.497 e. The molecule has 1 aromatic carbocycles. The van der Waals surface area contributed by atoms with Crippen molar-refractivity contribution in [1.29, 1.82) is 0 Å². The molecule has 1 aromatic heterocycles. The highest BCUT2D eigenvalue weighted by Gasteiger charge is 2.24. The molecule has 6 heteroatoms. The molecule has 2 aromatic rings. The van der Waals surface area contributed by atoms with E-state index in [2.05, 4.69) is 62.8 Å². The highest BCUT2D eigenvalue weighted by molar-refractivity contribution is 5.50. The van der Waals surface area contributed by atoms with Crippen LogP contribution in [0.3, 0.4) is 0 Å².